The number of nitrogens with zero attached hydrogens (tertiary/aromatic N) is 6. The van der Waals surface area contributed by atoms with E-state index in [9.17, 15) is 4.79 Å². The van der Waals surface area contributed by atoms with Crippen molar-refractivity contribution in [3.63, 3.8) is 0 Å². The zero-order valence-corrected chi connectivity index (χ0v) is 15.7. The third kappa shape index (κ3) is 3.51. The molecule has 0 spiro atoms. The molecule has 0 aliphatic carbocycles. The maximum atomic E-state index is 12.4. The van der Waals surface area contributed by atoms with Crippen LogP contribution in [0.2, 0.25) is 0 Å². The van der Waals surface area contributed by atoms with Gasteiger partial charge >= 0.3 is 6.03 Å². The quantitative estimate of drug-likeness (QED) is 0.481. The van der Waals surface area contributed by atoms with E-state index >= 15 is 0 Å². The summed E-state index contributed by atoms with van der Waals surface area (Å²) in [6.07, 6.45) is 6.58. The highest BCUT2D eigenvalue weighted by Gasteiger charge is 2.10. The summed E-state index contributed by atoms with van der Waals surface area (Å²) in [4.78, 5) is 29.2. The molecule has 5 aromatic rings. The summed E-state index contributed by atoms with van der Waals surface area (Å²) in [6, 6.07) is 14.8. The summed E-state index contributed by atoms with van der Waals surface area (Å²) in [5.41, 5.74) is 2.50. The topological polar surface area (TPSA) is 111 Å². The third-order valence-corrected chi connectivity index (χ3v) is 4.57. The maximum absolute atomic E-state index is 12.4. The fourth-order valence-electron chi connectivity index (χ4n) is 3.24. The number of hydrogen-bond donors (Lipinski definition) is 2. The minimum absolute atomic E-state index is 0.381. The Bertz CT molecular complexity index is 1350. The average Bonchev–Trinajstić information content (AvgIpc) is 3.21. The number of benzene rings is 1. The number of carbonyl (C=O) groups excluding carboxylic acids is 1. The Hall–Kier alpha value is -4.40. The van der Waals surface area contributed by atoms with Crippen LogP contribution in [0.1, 0.15) is 5.56 Å². The van der Waals surface area contributed by atoms with Crippen molar-refractivity contribution in [3.05, 3.63) is 79.0 Å². The zero-order chi connectivity index (χ0) is 20.3. The average molecular weight is 396 g/mol. The van der Waals surface area contributed by atoms with E-state index in [1.54, 1.807) is 41.5 Å². The van der Waals surface area contributed by atoms with Crippen molar-refractivity contribution in [2.75, 3.05) is 10.6 Å². The van der Waals surface area contributed by atoms with E-state index in [-0.39, 0.29) is 0 Å². The van der Waals surface area contributed by atoms with Crippen LogP contribution >= 0.6 is 0 Å². The summed E-state index contributed by atoms with van der Waals surface area (Å²) in [5.74, 6) is 0.809. The van der Waals surface area contributed by atoms with Crippen LogP contribution < -0.4 is 10.6 Å². The first-order valence-electron chi connectivity index (χ1n) is 9.26. The number of hydrogen-bond acceptors (Lipinski definition) is 6. The van der Waals surface area contributed by atoms with Crippen LogP contribution in [0.5, 0.6) is 0 Å². The number of rotatable bonds is 4. The molecule has 30 heavy (non-hydrogen) atoms. The van der Waals surface area contributed by atoms with Crippen LogP contribution in [-0.4, -0.2) is 35.7 Å². The van der Waals surface area contributed by atoms with E-state index in [2.05, 4.69) is 35.7 Å². The van der Waals surface area contributed by atoms with Gasteiger partial charge in [0.25, 0.3) is 0 Å². The van der Waals surface area contributed by atoms with Crippen molar-refractivity contribution >= 4 is 39.6 Å². The SMILES string of the molecule is O=C(Nc1ccn(Cc2cccc3cccnc23)n1)Nc1ncnc2ncccc12. The van der Waals surface area contributed by atoms with Gasteiger partial charge < -0.3 is 0 Å². The van der Waals surface area contributed by atoms with E-state index in [4.69, 9.17) is 0 Å². The summed E-state index contributed by atoms with van der Waals surface area (Å²) in [5, 5.41) is 11.6. The van der Waals surface area contributed by atoms with Crippen LogP contribution in [0, 0.1) is 0 Å². The molecule has 0 radical (unpaired) electrons. The lowest BCUT2D eigenvalue weighted by Crippen LogP contribution is -2.21. The smallest absolute Gasteiger partial charge is 0.291 e. The van der Waals surface area contributed by atoms with Crippen molar-refractivity contribution in [2.24, 2.45) is 0 Å². The molecule has 1 aromatic carbocycles. The predicted molar refractivity (Wildman–Crippen MR) is 113 cm³/mol. The highest BCUT2D eigenvalue weighted by atomic mass is 16.2. The van der Waals surface area contributed by atoms with Gasteiger partial charge in [-0.25, -0.2) is 19.7 Å². The molecular formula is C21H16N8O. The molecule has 9 nitrogen and oxygen atoms in total. The van der Waals surface area contributed by atoms with Crippen molar-refractivity contribution in [1.29, 1.82) is 0 Å². The molecule has 5 rings (SSSR count). The first-order valence-corrected chi connectivity index (χ1v) is 9.26. The molecule has 0 aliphatic rings. The zero-order valence-electron chi connectivity index (χ0n) is 15.7. The summed E-state index contributed by atoms with van der Waals surface area (Å²) in [6.45, 7) is 0.542. The fourth-order valence-corrected chi connectivity index (χ4v) is 3.24. The van der Waals surface area contributed by atoms with Crippen molar-refractivity contribution < 1.29 is 4.79 Å². The Labute approximate surface area is 170 Å². The molecule has 2 amide bonds. The predicted octanol–water partition coefficient (Wildman–Crippen LogP) is 3.46. The molecular weight excluding hydrogens is 380 g/mol. The van der Waals surface area contributed by atoms with Gasteiger partial charge in [0.2, 0.25) is 0 Å². The molecule has 0 aliphatic heterocycles. The van der Waals surface area contributed by atoms with Crippen LogP contribution in [-0.2, 0) is 6.54 Å². The van der Waals surface area contributed by atoms with E-state index in [1.807, 2.05) is 30.3 Å². The van der Waals surface area contributed by atoms with Crippen LogP contribution in [0.4, 0.5) is 16.4 Å². The van der Waals surface area contributed by atoms with E-state index in [0.29, 0.717) is 29.2 Å². The number of fused-ring (bicyclic) bond motifs is 2. The van der Waals surface area contributed by atoms with Crippen LogP contribution in [0.25, 0.3) is 21.9 Å². The van der Waals surface area contributed by atoms with E-state index < -0.39 is 6.03 Å². The Morgan fingerprint density at radius 3 is 2.73 bits per heavy atom. The van der Waals surface area contributed by atoms with Gasteiger partial charge in [0.05, 0.1) is 17.4 Å². The number of urea groups is 1. The third-order valence-electron chi connectivity index (χ3n) is 4.57. The van der Waals surface area contributed by atoms with E-state index in [1.165, 1.54) is 6.33 Å². The number of para-hydroxylation sites is 1. The lowest BCUT2D eigenvalue weighted by molar-refractivity contribution is 0.262. The molecule has 0 saturated heterocycles. The monoisotopic (exact) mass is 396 g/mol. The highest BCUT2D eigenvalue weighted by molar-refractivity contribution is 6.03. The number of nitrogens with one attached hydrogen (secondary N) is 2. The summed E-state index contributed by atoms with van der Waals surface area (Å²) in [7, 11) is 0. The Morgan fingerprint density at radius 1 is 0.900 bits per heavy atom. The van der Waals surface area contributed by atoms with Gasteiger partial charge in [-0.1, -0.05) is 24.3 Å². The molecule has 4 aromatic heterocycles. The molecule has 0 unspecified atom stereocenters. The Kier molecular flexibility index (Phi) is 4.45. The first-order chi connectivity index (χ1) is 14.8. The number of aromatic nitrogens is 6. The normalized spacial score (nSPS) is 10.9. The van der Waals surface area contributed by atoms with Gasteiger partial charge in [-0.3, -0.25) is 20.3 Å². The van der Waals surface area contributed by atoms with Crippen molar-refractivity contribution in [2.45, 2.75) is 6.54 Å². The van der Waals surface area contributed by atoms with Crippen LogP contribution in [0.15, 0.2) is 73.4 Å². The molecule has 2 N–H and O–H groups in total. The maximum Gasteiger partial charge on any atom is 0.326 e. The summed E-state index contributed by atoms with van der Waals surface area (Å²) < 4.78 is 1.75. The van der Waals surface area contributed by atoms with Gasteiger partial charge in [0, 0.05) is 30.0 Å². The van der Waals surface area contributed by atoms with Gasteiger partial charge in [-0.2, -0.15) is 5.10 Å². The summed E-state index contributed by atoms with van der Waals surface area (Å²) >= 11 is 0. The lowest BCUT2D eigenvalue weighted by atomic mass is 10.1. The van der Waals surface area contributed by atoms with Gasteiger partial charge in [0.1, 0.15) is 12.1 Å². The lowest BCUT2D eigenvalue weighted by Gasteiger charge is -2.07. The minimum Gasteiger partial charge on any atom is -0.291 e. The molecule has 146 valence electrons. The van der Waals surface area contributed by atoms with Crippen molar-refractivity contribution in [3.8, 4) is 0 Å². The standard InChI is InChI=1S/C21H16N8O/c30-21(27-20-16-7-3-10-23-19(16)24-13-25-20)26-17-8-11-29(28-17)12-15-5-1-4-14-6-2-9-22-18(14)15/h1-11,13H,12H2,(H2,23,24,25,26,27,28,30). The number of pyridine rings is 2. The van der Waals surface area contributed by atoms with Crippen LogP contribution in [0.3, 0.4) is 0 Å². The fraction of sp³-hybridized carbons (Fsp3) is 0.0476. The Balaban J connectivity index is 1.30. The highest BCUT2D eigenvalue weighted by Crippen LogP contribution is 2.18. The second kappa shape index (κ2) is 7.55. The number of carbonyl (C=O) groups is 1. The van der Waals surface area contributed by atoms with E-state index in [0.717, 1.165) is 16.5 Å². The molecule has 4 heterocycles. The van der Waals surface area contributed by atoms with Crippen molar-refractivity contribution in [1.82, 2.24) is 29.7 Å². The van der Waals surface area contributed by atoms with Gasteiger partial charge in [-0.05, 0) is 23.8 Å². The second-order valence-corrected chi connectivity index (χ2v) is 6.57. The number of amides is 2. The second-order valence-electron chi connectivity index (χ2n) is 6.57. The first kappa shape index (κ1) is 17.7. The largest absolute Gasteiger partial charge is 0.326 e. The minimum atomic E-state index is -0.448. The van der Waals surface area contributed by atoms with Gasteiger partial charge in [0.15, 0.2) is 11.5 Å². The molecule has 0 saturated carbocycles. The molecule has 0 fully saturated rings. The number of anilines is 2. The molecule has 0 bridgehead atoms. The Morgan fingerprint density at radius 2 is 1.77 bits per heavy atom. The molecule has 9 heteroatoms. The van der Waals surface area contributed by atoms with Gasteiger partial charge in [-0.15, -0.1) is 0 Å². The molecule has 0 atom stereocenters.